The number of piperazine rings is 1. The van der Waals surface area contributed by atoms with E-state index in [2.05, 4.69) is 21.9 Å². The fourth-order valence-corrected chi connectivity index (χ4v) is 4.13. The van der Waals surface area contributed by atoms with Gasteiger partial charge in [0.2, 0.25) is 0 Å². The Hall–Kier alpha value is -3.84. The standard InChI is InChI=1S/C26H27N5O2/c1-20-18-29(12-10-27-20)13-14-31-25-8-7-23(15-22(25)17-28-31)30-11-9-24(16-26(30)32)33-19-21-5-3-2-4-6-21/h2-9,11,15-17,27H,1,10,12-14,18-19H2. The third kappa shape index (κ3) is 4.83. The highest BCUT2D eigenvalue weighted by molar-refractivity contribution is 5.80. The Morgan fingerprint density at radius 1 is 1.06 bits per heavy atom. The van der Waals surface area contributed by atoms with Gasteiger partial charge in [-0.3, -0.25) is 18.9 Å². The van der Waals surface area contributed by atoms with E-state index in [1.807, 2.05) is 65.5 Å². The summed E-state index contributed by atoms with van der Waals surface area (Å²) in [7, 11) is 0. The van der Waals surface area contributed by atoms with E-state index in [0.717, 1.165) is 60.6 Å². The van der Waals surface area contributed by atoms with E-state index in [4.69, 9.17) is 4.74 Å². The van der Waals surface area contributed by atoms with Gasteiger partial charge in [-0.05, 0) is 29.8 Å². The van der Waals surface area contributed by atoms with Crippen LogP contribution in [0.2, 0.25) is 0 Å². The molecule has 0 unspecified atom stereocenters. The minimum Gasteiger partial charge on any atom is -0.489 e. The molecule has 4 aromatic rings. The van der Waals surface area contributed by atoms with Crippen LogP contribution >= 0.6 is 0 Å². The zero-order valence-corrected chi connectivity index (χ0v) is 18.5. The van der Waals surface area contributed by atoms with Gasteiger partial charge in [-0.1, -0.05) is 36.9 Å². The van der Waals surface area contributed by atoms with Gasteiger partial charge in [0.05, 0.1) is 18.3 Å². The van der Waals surface area contributed by atoms with Gasteiger partial charge in [-0.25, -0.2) is 0 Å². The molecular formula is C26H27N5O2. The Kier molecular flexibility index (Phi) is 5.95. The highest BCUT2D eigenvalue weighted by atomic mass is 16.5. The van der Waals surface area contributed by atoms with Crippen LogP contribution in [0.1, 0.15) is 5.56 Å². The number of rotatable bonds is 7. The zero-order chi connectivity index (χ0) is 22.6. The molecular weight excluding hydrogens is 414 g/mol. The van der Waals surface area contributed by atoms with Crippen LogP contribution in [0.4, 0.5) is 0 Å². The molecule has 0 aliphatic carbocycles. The highest BCUT2D eigenvalue weighted by Gasteiger charge is 2.13. The van der Waals surface area contributed by atoms with Crippen molar-refractivity contribution in [3.05, 3.63) is 101 Å². The van der Waals surface area contributed by atoms with Crippen LogP contribution in [0.15, 0.2) is 90.1 Å². The van der Waals surface area contributed by atoms with Gasteiger partial charge in [0.1, 0.15) is 12.4 Å². The molecule has 1 aliphatic rings. The zero-order valence-electron chi connectivity index (χ0n) is 18.5. The van der Waals surface area contributed by atoms with Crippen LogP contribution in [0.25, 0.3) is 16.6 Å². The highest BCUT2D eigenvalue weighted by Crippen LogP contribution is 2.19. The molecule has 0 saturated carbocycles. The first-order valence-corrected chi connectivity index (χ1v) is 11.2. The van der Waals surface area contributed by atoms with Crippen molar-refractivity contribution in [2.24, 2.45) is 0 Å². The fourth-order valence-electron chi connectivity index (χ4n) is 4.13. The Bertz CT molecular complexity index is 1330. The van der Waals surface area contributed by atoms with E-state index in [9.17, 15) is 4.79 Å². The van der Waals surface area contributed by atoms with E-state index in [1.165, 1.54) is 6.07 Å². The molecule has 1 fully saturated rings. The first kappa shape index (κ1) is 21.0. The quantitative estimate of drug-likeness (QED) is 0.477. The maximum Gasteiger partial charge on any atom is 0.258 e. The Labute approximate surface area is 192 Å². The normalized spacial score (nSPS) is 14.4. The summed E-state index contributed by atoms with van der Waals surface area (Å²) >= 11 is 0. The molecule has 0 atom stereocenters. The SMILES string of the molecule is C=C1CN(CCn2ncc3cc(-n4ccc(OCc5ccccc5)cc4=O)ccc32)CCN1. The molecule has 3 heterocycles. The molecule has 33 heavy (non-hydrogen) atoms. The molecule has 7 heteroatoms. The lowest BCUT2D eigenvalue weighted by Gasteiger charge is -2.29. The summed E-state index contributed by atoms with van der Waals surface area (Å²) in [6, 6.07) is 19.2. The second kappa shape index (κ2) is 9.34. The third-order valence-electron chi connectivity index (χ3n) is 5.89. The minimum atomic E-state index is -0.133. The van der Waals surface area contributed by atoms with Crippen molar-refractivity contribution in [3.8, 4) is 11.4 Å². The van der Waals surface area contributed by atoms with E-state index in [0.29, 0.717) is 12.4 Å². The van der Waals surface area contributed by atoms with Gasteiger partial charge in [0.25, 0.3) is 5.56 Å². The fraction of sp³-hybridized carbons (Fsp3) is 0.231. The topological polar surface area (TPSA) is 64.3 Å². The first-order chi connectivity index (χ1) is 16.2. The number of pyridine rings is 1. The van der Waals surface area contributed by atoms with Crippen LogP contribution in [0.5, 0.6) is 5.75 Å². The number of nitrogens with zero attached hydrogens (tertiary/aromatic N) is 4. The van der Waals surface area contributed by atoms with Crippen molar-refractivity contribution in [1.82, 2.24) is 24.6 Å². The maximum absolute atomic E-state index is 12.7. The lowest BCUT2D eigenvalue weighted by Crippen LogP contribution is -2.42. The van der Waals surface area contributed by atoms with Crippen molar-refractivity contribution >= 4 is 10.9 Å². The number of fused-ring (bicyclic) bond motifs is 1. The minimum absolute atomic E-state index is 0.133. The molecule has 1 saturated heterocycles. The third-order valence-corrected chi connectivity index (χ3v) is 5.89. The number of hydrogen-bond acceptors (Lipinski definition) is 5. The summed E-state index contributed by atoms with van der Waals surface area (Å²) in [5.74, 6) is 0.560. The Balaban J connectivity index is 1.28. The molecule has 2 aromatic heterocycles. The van der Waals surface area contributed by atoms with Crippen LogP contribution in [-0.4, -0.2) is 45.4 Å². The smallest absolute Gasteiger partial charge is 0.258 e. The van der Waals surface area contributed by atoms with Gasteiger partial charge in [-0.15, -0.1) is 0 Å². The van der Waals surface area contributed by atoms with Gasteiger partial charge in [-0.2, -0.15) is 5.10 Å². The van der Waals surface area contributed by atoms with Crippen molar-refractivity contribution < 1.29 is 4.74 Å². The van der Waals surface area contributed by atoms with Crippen LogP contribution < -0.4 is 15.6 Å². The van der Waals surface area contributed by atoms with Crippen LogP contribution in [0.3, 0.4) is 0 Å². The lowest BCUT2D eigenvalue weighted by atomic mass is 10.2. The number of benzene rings is 2. The summed E-state index contributed by atoms with van der Waals surface area (Å²) in [5, 5.41) is 8.86. The van der Waals surface area contributed by atoms with E-state index in [-0.39, 0.29) is 5.56 Å². The second-order valence-electron chi connectivity index (χ2n) is 8.26. The molecule has 0 radical (unpaired) electrons. The summed E-state index contributed by atoms with van der Waals surface area (Å²) in [5.41, 5.74) is 3.86. The molecule has 1 aliphatic heterocycles. The molecule has 0 spiro atoms. The van der Waals surface area contributed by atoms with Crippen molar-refractivity contribution in [1.29, 1.82) is 0 Å². The number of hydrogen-bond donors (Lipinski definition) is 1. The Morgan fingerprint density at radius 3 is 2.76 bits per heavy atom. The summed E-state index contributed by atoms with van der Waals surface area (Å²) in [4.78, 5) is 15.1. The summed E-state index contributed by atoms with van der Waals surface area (Å²) in [6.07, 6.45) is 3.61. The predicted octanol–water partition coefficient (Wildman–Crippen LogP) is 3.19. The molecule has 168 valence electrons. The first-order valence-electron chi connectivity index (χ1n) is 11.2. The number of nitrogens with one attached hydrogen (secondary N) is 1. The van der Waals surface area contributed by atoms with E-state index in [1.54, 1.807) is 10.8 Å². The maximum atomic E-state index is 12.7. The molecule has 1 N–H and O–H groups in total. The van der Waals surface area contributed by atoms with Gasteiger partial charge in [0, 0.05) is 55.2 Å². The number of aromatic nitrogens is 3. The van der Waals surface area contributed by atoms with Crippen molar-refractivity contribution in [2.75, 3.05) is 26.2 Å². The van der Waals surface area contributed by atoms with Gasteiger partial charge < -0.3 is 10.1 Å². The lowest BCUT2D eigenvalue weighted by molar-refractivity contribution is 0.254. The average Bonchev–Trinajstić information content (AvgIpc) is 3.24. The number of ether oxygens (including phenoxy) is 1. The Morgan fingerprint density at radius 2 is 1.94 bits per heavy atom. The van der Waals surface area contributed by atoms with Crippen molar-refractivity contribution in [2.45, 2.75) is 13.2 Å². The van der Waals surface area contributed by atoms with Crippen molar-refractivity contribution in [3.63, 3.8) is 0 Å². The molecule has 7 nitrogen and oxygen atoms in total. The van der Waals surface area contributed by atoms with E-state index < -0.39 is 0 Å². The molecule has 5 rings (SSSR count). The predicted molar refractivity (Wildman–Crippen MR) is 130 cm³/mol. The van der Waals surface area contributed by atoms with E-state index >= 15 is 0 Å². The van der Waals surface area contributed by atoms with Crippen LogP contribution in [0, 0.1) is 0 Å². The average molecular weight is 442 g/mol. The van der Waals surface area contributed by atoms with Crippen LogP contribution in [-0.2, 0) is 13.2 Å². The largest absolute Gasteiger partial charge is 0.489 e. The molecule has 0 bridgehead atoms. The second-order valence-corrected chi connectivity index (χ2v) is 8.26. The van der Waals surface area contributed by atoms with Gasteiger partial charge >= 0.3 is 0 Å². The summed E-state index contributed by atoms with van der Waals surface area (Å²) in [6.45, 7) is 9.00. The van der Waals surface area contributed by atoms with Gasteiger partial charge in [0.15, 0.2) is 0 Å². The monoisotopic (exact) mass is 441 g/mol. The molecule has 2 aromatic carbocycles. The summed E-state index contributed by atoms with van der Waals surface area (Å²) < 4.78 is 9.43. The molecule has 0 amide bonds.